The SMILES string of the molecule is O=C(c1ccc2c(c1)S(=O)(=O)N(C1CC1)C2=O)N(Cc1cccs1)c1ccc(F)cc1. The summed E-state index contributed by atoms with van der Waals surface area (Å²) < 4.78 is 40.2. The van der Waals surface area contributed by atoms with Gasteiger partial charge in [0.15, 0.2) is 0 Å². The summed E-state index contributed by atoms with van der Waals surface area (Å²) in [6.45, 7) is 0.249. The highest BCUT2D eigenvalue weighted by molar-refractivity contribution is 7.90. The number of halogens is 1. The fourth-order valence-corrected chi connectivity index (χ4v) is 6.20. The van der Waals surface area contributed by atoms with Gasteiger partial charge in [0.2, 0.25) is 0 Å². The maximum absolute atomic E-state index is 13.4. The Morgan fingerprint density at radius 1 is 1.13 bits per heavy atom. The molecule has 1 fully saturated rings. The van der Waals surface area contributed by atoms with Crippen LogP contribution in [0.4, 0.5) is 10.1 Å². The standard InChI is InChI=1S/C22H17FN2O4S2/c23-15-4-6-16(7-5-15)24(13-18-2-1-11-30-18)21(26)14-3-10-19-20(12-14)31(28,29)25(22(19)27)17-8-9-17/h1-7,10-12,17H,8-9,13H2. The second-order valence-electron chi connectivity index (χ2n) is 7.50. The number of hydrogen-bond acceptors (Lipinski definition) is 5. The number of benzene rings is 2. The van der Waals surface area contributed by atoms with Crippen molar-refractivity contribution >= 4 is 38.9 Å². The number of anilines is 1. The molecule has 0 bridgehead atoms. The smallest absolute Gasteiger partial charge is 0.269 e. The van der Waals surface area contributed by atoms with E-state index in [0.717, 1.165) is 9.18 Å². The minimum absolute atomic E-state index is 0.0926. The first kappa shape index (κ1) is 19.9. The highest BCUT2D eigenvalue weighted by Gasteiger charge is 2.48. The average Bonchev–Trinajstić information content (AvgIpc) is 3.39. The minimum Gasteiger partial charge on any atom is -0.303 e. The zero-order chi connectivity index (χ0) is 21.8. The van der Waals surface area contributed by atoms with Crippen molar-refractivity contribution in [3.63, 3.8) is 0 Å². The van der Waals surface area contributed by atoms with Crippen LogP contribution in [-0.4, -0.2) is 30.6 Å². The molecule has 0 atom stereocenters. The van der Waals surface area contributed by atoms with Crippen LogP contribution in [0.5, 0.6) is 0 Å². The van der Waals surface area contributed by atoms with Gasteiger partial charge in [-0.1, -0.05) is 6.07 Å². The van der Waals surface area contributed by atoms with Crippen molar-refractivity contribution in [2.75, 3.05) is 4.90 Å². The van der Waals surface area contributed by atoms with Crippen molar-refractivity contribution in [1.82, 2.24) is 4.31 Å². The molecular formula is C22H17FN2O4S2. The predicted octanol–water partition coefficient (Wildman–Crippen LogP) is 4.04. The number of sulfonamides is 1. The Morgan fingerprint density at radius 2 is 1.87 bits per heavy atom. The molecule has 1 aromatic heterocycles. The molecule has 6 nitrogen and oxygen atoms in total. The third-order valence-electron chi connectivity index (χ3n) is 5.35. The third kappa shape index (κ3) is 3.43. The maximum Gasteiger partial charge on any atom is 0.269 e. The van der Waals surface area contributed by atoms with Crippen molar-refractivity contribution in [3.8, 4) is 0 Å². The van der Waals surface area contributed by atoms with Crippen molar-refractivity contribution in [3.05, 3.63) is 81.8 Å². The average molecular weight is 457 g/mol. The van der Waals surface area contributed by atoms with Gasteiger partial charge in [0.1, 0.15) is 10.7 Å². The second kappa shape index (κ2) is 7.28. The fraction of sp³-hybridized carbons (Fsp3) is 0.182. The quantitative estimate of drug-likeness (QED) is 0.581. The number of amides is 2. The van der Waals surface area contributed by atoms with Crippen molar-refractivity contribution in [1.29, 1.82) is 0 Å². The van der Waals surface area contributed by atoms with E-state index in [1.165, 1.54) is 58.7 Å². The van der Waals surface area contributed by atoms with E-state index in [2.05, 4.69) is 0 Å². The summed E-state index contributed by atoms with van der Waals surface area (Å²) in [6.07, 6.45) is 1.31. The van der Waals surface area contributed by atoms with Gasteiger partial charge in [-0.2, -0.15) is 0 Å². The molecule has 1 saturated carbocycles. The summed E-state index contributed by atoms with van der Waals surface area (Å²) in [5, 5.41) is 1.89. The highest BCUT2D eigenvalue weighted by atomic mass is 32.2. The van der Waals surface area contributed by atoms with Gasteiger partial charge in [-0.15, -0.1) is 11.3 Å². The number of fused-ring (bicyclic) bond motifs is 1. The summed E-state index contributed by atoms with van der Waals surface area (Å²) in [7, 11) is -3.97. The Kier molecular flexibility index (Phi) is 4.67. The Morgan fingerprint density at radius 3 is 2.52 bits per heavy atom. The molecule has 2 heterocycles. The summed E-state index contributed by atoms with van der Waals surface area (Å²) in [5.41, 5.74) is 0.725. The van der Waals surface area contributed by atoms with Crippen LogP contribution < -0.4 is 4.90 Å². The topological polar surface area (TPSA) is 74.8 Å². The van der Waals surface area contributed by atoms with E-state index in [1.807, 2.05) is 17.5 Å². The minimum atomic E-state index is -3.97. The first-order valence-electron chi connectivity index (χ1n) is 9.69. The Hall–Kier alpha value is -3.04. The van der Waals surface area contributed by atoms with Gasteiger partial charge in [-0.25, -0.2) is 17.1 Å². The normalized spacial score (nSPS) is 16.9. The summed E-state index contributed by atoms with van der Waals surface area (Å²) in [4.78, 5) is 28.3. The number of carbonyl (C=O) groups is 2. The number of carbonyl (C=O) groups excluding carboxylic acids is 2. The molecule has 2 aliphatic rings. The largest absolute Gasteiger partial charge is 0.303 e. The monoisotopic (exact) mass is 456 g/mol. The van der Waals surface area contributed by atoms with Gasteiger partial charge >= 0.3 is 0 Å². The van der Waals surface area contributed by atoms with Gasteiger partial charge in [0.25, 0.3) is 21.8 Å². The lowest BCUT2D eigenvalue weighted by Crippen LogP contribution is -2.32. The Balaban J connectivity index is 1.54. The van der Waals surface area contributed by atoms with Crippen LogP contribution in [0.15, 0.2) is 64.9 Å². The van der Waals surface area contributed by atoms with E-state index in [1.54, 1.807) is 0 Å². The summed E-state index contributed by atoms with van der Waals surface area (Å²) >= 11 is 1.48. The number of nitrogens with zero attached hydrogens (tertiary/aromatic N) is 2. The van der Waals surface area contributed by atoms with Crippen molar-refractivity contribution in [2.45, 2.75) is 30.3 Å². The Labute approximate surface area is 182 Å². The van der Waals surface area contributed by atoms with E-state index < -0.39 is 27.7 Å². The molecule has 0 saturated heterocycles. The molecule has 1 aliphatic carbocycles. The van der Waals surface area contributed by atoms with Gasteiger partial charge in [-0.3, -0.25) is 9.59 Å². The number of thiophene rings is 1. The van der Waals surface area contributed by atoms with E-state index in [0.29, 0.717) is 18.5 Å². The third-order valence-corrected chi connectivity index (χ3v) is 8.09. The number of hydrogen-bond donors (Lipinski definition) is 0. The van der Waals surface area contributed by atoms with Crippen molar-refractivity contribution < 1.29 is 22.4 Å². The molecule has 5 rings (SSSR count). The molecular weight excluding hydrogens is 439 g/mol. The van der Waals surface area contributed by atoms with E-state index >= 15 is 0 Å². The lowest BCUT2D eigenvalue weighted by molar-refractivity contribution is 0.0864. The summed E-state index contributed by atoms with van der Waals surface area (Å²) in [5.74, 6) is -1.39. The van der Waals surface area contributed by atoms with Gasteiger partial charge in [-0.05, 0) is 66.8 Å². The predicted molar refractivity (Wildman–Crippen MR) is 114 cm³/mol. The molecule has 1 aliphatic heterocycles. The second-order valence-corrected chi connectivity index (χ2v) is 10.3. The van der Waals surface area contributed by atoms with Crippen LogP contribution in [0.1, 0.15) is 38.4 Å². The molecule has 2 amide bonds. The molecule has 0 spiro atoms. The molecule has 158 valence electrons. The van der Waals surface area contributed by atoms with Gasteiger partial charge in [0.05, 0.1) is 12.1 Å². The molecule has 0 N–H and O–H groups in total. The van der Waals surface area contributed by atoms with Crippen LogP contribution in [0, 0.1) is 5.82 Å². The molecule has 2 aromatic carbocycles. The van der Waals surface area contributed by atoms with Crippen LogP contribution in [0.25, 0.3) is 0 Å². The van der Waals surface area contributed by atoms with E-state index in [4.69, 9.17) is 0 Å². The first-order chi connectivity index (χ1) is 14.9. The Bertz CT molecular complexity index is 1280. The maximum atomic E-state index is 13.4. The molecule has 0 unspecified atom stereocenters. The molecule has 0 radical (unpaired) electrons. The van der Waals surface area contributed by atoms with Crippen LogP contribution in [0.2, 0.25) is 0 Å². The van der Waals surface area contributed by atoms with Gasteiger partial charge < -0.3 is 4.90 Å². The zero-order valence-corrected chi connectivity index (χ0v) is 17.8. The van der Waals surface area contributed by atoms with Crippen LogP contribution in [0.3, 0.4) is 0 Å². The zero-order valence-electron chi connectivity index (χ0n) is 16.2. The molecule has 3 aromatic rings. The lowest BCUT2D eigenvalue weighted by Gasteiger charge is -2.22. The van der Waals surface area contributed by atoms with Crippen LogP contribution in [-0.2, 0) is 16.6 Å². The molecule has 9 heteroatoms. The highest BCUT2D eigenvalue weighted by Crippen LogP contribution is 2.40. The van der Waals surface area contributed by atoms with Crippen molar-refractivity contribution in [2.24, 2.45) is 0 Å². The van der Waals surface area contributed by atoms with Gasteiger partial charge in [0, 0.05) is 22.2 Å². The molecule has 31 heavy (non-hydrogen) atoms. The summed E-state index contributed by atoms with van der Waals surface area (Å²) in [6, 6.07) is 13.1. The van der Waals surface area contributed by atoms with Crippen LogP contribution >= 0.6 is 11.3 Å². The number of rotatable bonds is 5. The first-order valence-corrected chi connectivity index (χ1v) is 12.0. The van der Waals surface area contributed by atoms with E-state index in [9.17, 15) is 22.4 Å². The lowest BCUT2D eigenvalue weighted by atomic mass is 10.1. The fourth-order valence-electron chi connectivity index (χ4n) is 3.67. The van der Waals surface area contributed by atoms with E-state index in [-0.39, 0.29) is 28.6 Å².